The monoisotopic (exact) mass is 351 g/mol. The molecule has 0 aliphatic carbocycles. The number of hydrogen-bond donors (Lipinski definition) is 0. The first-order chi connectivity index (χ1) is 9.33. The molecule has 0 bridgehead atoms. The third kappa shape index (κ3) is 4.09. The predicted octanol–water partition coefficient (Wildman–Crippen LogP) is 4.67. The largest absolute Gasteiger partial charge is 0.573 e. The Hall–Kier alpha value is -1.83. The van der Waals surface area contributed by atoms with E-state index in [1.807, 2.05) is 0 Å². The number of aromatic nitrogens is 1. The second kappa shape index (κ2) is 5.66. The van der Waals surface area contributed by atoms with E-state index in [2.05, 4.69) is 25.7 Å². The van der Waals surface area contributed by atoms with E-state index in [1.165, 1.54) is 18.3 Å². The van der Waals surface area contributed by atoms with Crippen LogP contribution in [0.5, 0.6) is 17.4 Å². The number of benzene rings is 1. The fraction of sp³-hybridized carbons (Fsp3) is 0.0833. The van der Waals surface area contributed by atoms with Gasteiger partial charge in [-0.3, -0.25) is 0 Å². The maximum atomic E-state index is 13.4. The van der Waals surface area contributed by atoms with Crippen molar-refractivity contribution in [3.05, 3.63) is 46.8 Å². The Bertz CT molecular complexity index is 601. The normalized spacial score (nSPS) is 11.2. The predicted molar refractivity (Wildman–Crippen MR) is 65.1 cm³/mol. The third-order valence-corrected chi connectivity index (χ3v) is 2.48. The average Bonchev–Trinajstić information content (AvgIpc) is 2.33. The first-order valence-electron chi connectivity index (χ1n) is 5.18. The maximum absolute atomic E-state index is 13.4. The van der Waals surface area contributed by atoms with Crippen LogP contribution < -0.4 is 9.47 Å². The molecular weight excluding hydrogens is 346 g/mol. The summed E-state index contributed by atoms with van der Waals surface area (Å²) < 4.78 is 58.6. The summed E-state index contributed by atoms with van der Waals surface area (Å²) in [4.78, 5) is 3.70. The van der Waals surface area contributed by atoms with E-state index in [4.69, 9.17) is 4.74 Å². The number of pyridine rings is 1. The lowest BCUT2D eigenvalue weighted by molar-refractivity contribution is -0.274. The molecule has 20 heavy (non-hydrogen) atoms. The molecule has 106 valence electrons. The standard InChI is InChI=1S/C12H6BrF4NO2/c13-7-5-10(14)11(18-6-7)19-8-1-3-9(4-2-8)20-12(15,16)17/h1-6H. The van der Waals surface area contributed by atoms with Crippen LogP contribution in [0, 0.1) is 5.82 Å². The Labute approximate surface area is 119 Å². The van der Waals surface area contributed by atoms with Crippen molar-refractivity contribution in [3.63, 3.8) is 0 Å². The summed E-state index contributed by atoms with van der Waals surface area (Å²) in [5.74, 6) is -1.24. The summed E-state index contributed by atoms with van der Waals surface area (Å²) in [6.07, 6.45) is -3.43. The molecule has 1 aromatic heterocycles. The van der Waals surface area contributed by atoms with E-state index >= 15 is 0 Å². The van der Waals surface area contributed by atoms with Crippen LogP contribution in [0.15, 0.2) is 41.0 Å². The zero-order valence-corrected chi connectivity index (χ0v) is 11.2. The third-order valence-electron chi connectivity index (χ3n) is 2.05. The Balaban J connectivity index is 2.11. The van der Waals surface area contributed by atoms with E-state index < -0.39 is 17.9 Å². The lowest BCUT2D eigenvalue weighted by atomic mass is 10.3. The van der Waals surface area contributed by atoms with Crippen LogP contribution in [0.4, 0.5) is 17.6 Å². The number of nitrogens with zero attached hydrogens (tertiary/aromatic N) is 1. The molecule has 0 spiro atoms. The lowest BCUT2D eigenvalue weighted by Crippen LogP contribution is -2.16. The molecule has 0 aliphatic heterocycles. The van der Waals surface area contributed by atoms with Crippen molar-refractivity contribution in [2.24, 2.45) is 0 Å². The topological polar surface area (TPSA) is 31.4 Å². The fourth-order valence-corrected chi connectivity index (χ4v) is 1.60. The molecule has 8 heteroatoms. The summed E-state index contributed by atoms with van der Waals surface area (Å²) in [6, 6.07) is 5.69. The number of rotatable bonds is 3. The van der Waals surface area contributed by atoms with Gasteiger partial charge < -0.3 is 9.47 Å². The highest BCUT2D eigenvalue weighted by Crippen LogP contribution is 2.28. The first-order valence-corrected chi connectivity index (χ1v) is 5.97. The molecular formula is C12H6BrF4NO2. The van der Waals surface area contributed by atoms with Crippen LogP contribution in [-0.4, -0.2) is 11.3 Å². The highest BCUT2D eigenvalue weighted by Gasteiger charge is 2.30. The Morgan fingerprint density at radius 2 is 1.65 bits per heavy atom. The number of ether oxygens (including phenoxy) is 2. The minimum Gasteiger partial charge on any atom is -0.436 e. The van der Waals surface area contributed by atoms with Gasteiger partial charge >= 0.3 is 6.36 Å². The van der Waals surface area contributed by atoms with Crippen molar-refractivity contribution in [3.8, 4) is 17.4 Å². The molecule has 0 unspecified atom stereocenters. The molecule has 0 radical (unpaired) electrons. The van der Waals surface area contributed by atoms with Crippen LogP contribution in [0.3, 0.4) is 0 Å². The second-order valence-electron chi connectivity index (χ2n) is 3.56. The summed E-state index contributed by atoms with van der Waals surface area (Å²) >= 11 is 3.04. The summed E-state index contributed by atoms with van der Waals surface area (Å²) in [5, 5.41) is 0. The molecule has 0 atom stereocenters. The highest BCUT2D eigenvalue weighted by molar-refractivity contribution is 9.10. The zero-order chi connectivity index (χ0) is 14.8. The fourth-order valence-electron chi connectivity index (χ4n) is 1.30. The smallest absolute Gasteiger partial charge is 0.436 e. The molecule has 2 aromatic rings. The van der Waals surface area contributed by atoms with Crippen molar-refractivity contribution >= 4 is 15.9 Å². The minimum absolute atomic E-state index is 0.133. The summed E-state index contributed by atoms with van der Waals surface area (Å²) in [5.41, 5.74) is 0. The van der Waals surface area contributed by atoms with Crippen molar-refractivity contribution in [1.29, 1.82) is 0 Å². The van der Waals surface area contributed by atoms with Gasteiger partial charge in [-0.1, -0.05) is 0 Å². The minimum atomic E-state index is -4.76. The quantitative estimate of drug-likeness (QED) is 0.752. The van der Waals surface area contributed by atoms with Gasteiger partial charge in [-0.05, 0) is 46.3 Å². The molecule has 0 saturated carbocycles. The van der Waals surface area contributed by atoms with Crippen molar-refractivity contribution in [1.82, 2.24) is 4.98 Å². The molecule has 0 amide bonds. The highest BCUT2D eigenvalue weighted by atomic mass is 79.9. The van der Waals surface area contributed by atoms with E-state index in [0.29, 0.717) is 4.47 Å². The molecule has 0 fully saturated rings. The van der Waals surface area contributed by atoms with Gasteiger partial charge in [-0.15, -0.1) is 13.2 Å². The van der Waals surface area contributed by atoms with Gasteiger partial charge in [0.15, 0.2) is 5.82 Å². The number of hydrogen-bond acceptors (Lipinski definition) is 3. The van der Waals surface area contributed by atoms with Gasteiger partial charge in [0.25, 0.3) is 5.88 Å². The average molecular weight is 352 g/mol. The van der Waals surface area contributed by atoms with Crippen LogP contribution in [-0.2, 0) is 0 Å². The Morgan fingerprint density at radius 3 is 2.20 bits per heavy atom. The zero-order valence-electron chi connectivity index (χ0n) is 9.62. The van der Waals surface area contributed by atoms with Crippen molar-refractivity contribution in [2.45, 2.75) is 6.36 Å². The second-order valence-corrected chi connectivity index (χ2v) is 4.48. The first kappa shape index (κ1) is 14.6. The molecule has 2 rings (SSSR count). The lowest BCUT2D eigenvalue weighted by Gasteiger charge is -2.10. The molecule has 0 saturated heterocycles. The Morgan fingerprint density at radius 1 is 1.05 bits per heavy atom. The van der Waals surface area contributed by atoms with Crippen molar-refractivity contribution in [2.75, 3.05) is 0 Å². The van der Waals surface area contributed by atoms with Crippen molar-refractivity contribution < 1.29 is 27.0 Å². The van der Waals surface area contributed by atoms with E-state index in [-0.39, 0.29) is 11.6 Å². The maximum Gasteiger partial charge on any atom is 0.573 e. The van der Waals surface area contributed by atoms with Gasteiger partial charge in [0.05, 0.1) is 0 Å². The SMILES string of the molecule is Fc1cc(Br)cnc1Oc1ccc(OC(F)(F)F)cc1. The molecule has 0 N–H and O–H groups in total. The van der Waals surface area contributed by atoms with Crippen LogP contribution in [0.1, 0.15) is 0 Å². The van der Waals surface area contributed by atoms with Gasteiger partial charge in [0.1, 0.15) is 11.5 Å². The molecule has 3 nitrogen and oxygen atoms in total. The molecule has 1 heterocycles. The number of alkyl halides is 3. The van der Waals surface area contributed by atoms with E-state index in [1.54, 1.807) is 0 Å². The van der Waals surface area contributed by atoms with E-state index in [0.717, 1.165) is 18.2 Å². The number of halogens is 5. The van der Waals surface area contributed by atoms with Crippen LogP contribution in [0.2, 0.25) is 0 Å². The van der Waals surface area contributed by atoms with E-state index in [9.17, 15) is 17.6 Å². The summed E-state index contributed by atoms with van der Waals surface area (Å²) in [7, 11) is 0. The summed E-state index contributed by atoms with van der Waals surface area (Å²) in [6.45, 7) is 0. The van der Waals surface area contributed by atoms with Gasteiger partial charge in [-0.25, -0.2) is 9.37 Å². The Kier molecular flexibility index (Phi) is 4.12. The van der Waals surface area contributed by atoms with Gasteiger partial charge in [0, 0.05) is 10.7 Å². The van der Waals surface area contributed by atoms with Crippen LogP contribution in [0.25, 0.3) is 0 Å². The molecule has 0 aliphatic rings. The van der Waals surface area contributed by atoms with Gasteiger partial charge in [0.2, 0.25) is 0 Å². The molecule has 1 aromatic carbocycles. The van der Waals surface area contributed by atoms with Crippen LogP contribution >= 0.6 is 15.9 Å². The van der Waals surface area contributed by atoms with Gasteiger partial charge in [-0.2, -0.15) is 0 Å².